The molecule has 2 aromatic rings. The summed E-state index contributed by atoms with van der Waals surface area (Å²) in [6, 6.07) is 5.96. The average Bonchev–Trinajstić information content (AvgIpc) is 3.28. The highest BCUT2D eigenvalue weighted by molar-refractivity contribution is 5.90. The van der Waals surface area contributed by atoms with Crippen LogP contribution in [0.4, 0.5) is 4.39 Å². The minimum Gasteiger partial charge on any atom is -0.345 e. The molecule has 2 aliphatic heterocycles. The first-order valence-corrected chi connectivity index (χ1v) is 11.6. The van der Waals surface area contributed by atoms with Gasteiger partial charge in [-0.05, 0) is 37.0 Å². The molecule has 9 heteroatoms. The van der Waals surface area contributed by atoms with Crippen molar-refractivity contribution in [3.8, 4) is 0 Å². The van der Waals surface area contributed by atoms with Gasteiger partial charge in [0.15, 0.2) is 5.82 Å². The first-order chi connectivity index (χ1) is 15.9. The Labute approximate surface area is 192 Å². The van der Waals surface area contributed by atoms with Crippen LogP contribution in [0.1, 0.15) is 54.2 Å². The van der Waals surface area contributed by atoms with Crippen LogP contribution in [-0.4, -0.2) is 62.6 Å². The van der Waals surface area contributed by atoms with Gasteiger partial charge < -0.3 is 14.8 Å². The van der Waals surface area contributed by atoms with Crippen molar-refractivity contribution in [3.05, 3.63) is 59.4 Å². The third-order valence-electron chi connectivity index (χ3n) is 7.15. The van der Waals surface area contributed by atoms with Crippen LogP contribution in [-0.2, 0) is 17.9 Å². The predicted molar refractivity (Wildman–Crippen MR) is 120 cm³/mol. The van der Waals surface area contributed by atoms with Gasteiger partial charge in [-0.25, -0.2) is 4.39 Å². The summed E-state index contributed by atoms with van der Waals surface area (Å²) in [6.45, 7) is 5.84. The van der Waals surface area contributed by atoms with E-state index in [1.54, 1.807) is 12.1 Å². The van der Waals surface area contributed by atoms with E-state index in [1.165, 1.54) is 12.1 Å². The second-order valence-corrected chi connectivity index (χ2v) is 9.42. The zero-order valence-electron chi connectivity index (χ0n) is 18.8. The molecule has 0 bridgehead atoms. The molecule has 5 rings (SSSR count). The summed E-state index contributed by atoms with van der Waals surface area (Å²) in [7, 11) is 0. The first kappa shape index (κ1) is 21.8. The molecule has 2 amide bonds. The number of allylic oxidation sites excluding steroid dienone is 2. The van der Waals surface area contributed by atoms with Gasteiger partial charge in [-0.1, -0.05) is 31.2 Å². The van der Waals surface area contributed by atoms with Crippen molar-refractivity contribution in [2.75, 3.05) is 26.2 Å². The summed E-state index contributed by atoms with van der Waals surface area (Å²) in [4.78, 5) is 30.5. The Balaban J connectivity index is 1.29. The lowest BCUT2D eigenvalue weighted by molar-refractivity contribution is -0.145. The lowest BCUT2D eigenvalue weighted by Crippen LogP contribution is -2.56. The lowest BCUT2D eigenvalue weighted by atomic mass is 9.77. The molecule has 1 fully saturated rings. The third-order valence-corrected chi connectivity index (χ3v) is 7.15. The summed E-state index contributed by atoms with van der Waals surface area (Å²) in [5.74, 6) is 0.603. The van der Waals surface area contributed by atoms with E-state index in [9.17, 15) is 14.0 Å². The van der Waals surface area contributed by atoms with E-state index in [2.05, 4.69) is 39.5 Å². The first-order valence-electron chi connectivity index (χ1n) is 11.6. The number of hydrogen-bond donors (Lipinski definition) is 1. The van der Waals surface area contributed by atoms with E-state index >= 15 is 0 Å². The number of nitrogens with one attached hydrogen (secondary N) is 1. The van der Waals surface area contributed by atoms with Crippen LogP contribution in [0.5, 0.6) is 0 Å². The molecule has 3 aliphatic rings. The fourth-order valence-corrected chi connectivity index (χ4v) is 5.10. The number of fused-ring (bicyclic) bond motifs is 3. The number of carbonyl (C=O) groups is 2. The molecule has 1 aromatic carbocycles. The van der Waals surface area contributed by atoms with Gasteiger partial charge in [0.1, 0.15) is 5.82 Å². The van der Waals surface area contributed by atoms with E-state index < -0.39 is 0 Å². The third kappa shape index (κ3) is 4.17. The van der Waals surface area contributed by atoms with E-state index in [0.29, 0.717) is 19.6 Å². The van der Waals surface area contributed by atoms with Gasteiger partial charge in [-0.15, -0.1) is 10.2 Å². The summed E-state index contributed by atoms with van der Waals surface area (Å²) >= 11 is 0. The van der Waals surface area contributed by atoms with Gasteiger partial charge in [0.05, 0.1) is 11.5 Å². The maximum atomic E-state index is 13.4. The SMILES string of the molecule is C[C@@]1(C(=O)N2CCN3CCn4c(C(=O)NCc5ccc(F)cc5)nnc4[C@@H]3C2)CC=CCC1. The van der Waals surface area contributed by atoms with Gasteiger partial charge >= 0.3 is 0 Å². The molecule has 3 heterocycles. The maximum absolute atomic E-state index is 13.4. The Morgan fingerprint density at radius 2 is 1.91 bits per heavy atom. The Morgan fingerprint density at radius 3 is 2.67 bits per heavy atom. The molecule has 0 spiro atoms. The van der Waals surface area contributed by atoms with Crippen LogP contribution >= 0.6 is 0 Å². The highest BCUT2D eigenvalue weighted by Crippen LogP contribution is 2.36. The second-order valence-electron chi connectivity index (χ2n) is 9.42. The van der Waals surface area contributed by atoms with Crippen LogP contribution in [0.2, 0.25) is 0 Å². The molecule has 1 aliphatic carbocycles. The van der Waals surface area contributed by atoms with E-state index in [0.717, 1.165) is 43.7 Å². The van der Waals surface area contributed by atoms with Crippen molar-refractivity contribution in [2.45, 2.75) is 45.3 Å². The van der Waals surface area contributed by atoms with E-state index in [-0.39, 0.29) is 41.5 Å². The number of rotatable bonds is 4. The monoisotopic (exact) mass is 452 g/mol. The summed E-state index contributed by atoms with van der Waals surface area (Å²) in [5, 5.41) is 11.4. The number of amides is 2. The van der Waals surface area contributed by atoms with Crippen LogP contribution in [0.15, 0.2) is 36.4 Å². The Bertz CT molecular complexity index is 1080. The van der Waals surface area contributed by atoms with Crippen LogP contribution < -0.4 is 5.32 Å². The molecular weight excluding hydrogens is 423 g/mol. The molecule has 33 heavy (non-hydrogen) atoms. The number of hydrogen-bond acceptors (Lipinski definition) is 5. The van der Waals surface area contributed by atoms with Gasteiger partial charge in [0, 0.05) is 39.3 Å². The van der Waals surface area contributed by atoms with E-state index in [4.69, 9.17) is 0 Å². The fourth-order valence-electron chi connectivity index (χ4n) is 5.10. The molecule has 2 atom stereocenters. The van der Waals surface area contributed by atoms with Crippen LogP contribution in [0, 0.1) is 11.2 Å². The molecule has 174 valence electrons. The van der Waals surface area contributed by atoms with Gasteiger partial charge in [-0.3, -0.25) is 14.5 Å². The number of carbonyl (C=O) groups excluding carboxylic acids is 2. The van der Waals surface area contributed by atoms with Crippen molar-refractivity contribution in [1.82, 2.24) is 29.9 Å². The topological polar surface area (TPSA) is 83.4 Å². The number of benzene rings is 1. The van der Waals surface area contributed by atoms with Gasteiger partial charge in [0.2, 0.25) is 11.7 Å². The molecule has 1 N–H and O–H groups in total. The molecule has 0 saturated carbocycles. The number of halogens is 1. The van der Waals surface area contributed by atoms with Crippen molar-refractivity contribution in [2.24, 2.45) is 5.41 Å². The van der Waals surface area contributed by atoms with Crippen molar-refractivity contribution in [1.29, 1.82) is 0 Å². The molecule has 1 aromatic heterocycles. The van der Waals surface area contributed by atoms with Gasteiger partial charge in [0.25, 0.3) is 5.91 Å². The Kier molecular flexibility index (Phi) is 5.74. The number of nitrogens with zero attached hydrogens (tertiary/aromatic N) is 5. The molecular formula is C24H29FN6O2. The Morgan fingerprint density at radius 1 is 1.12 bits per heavy atom. The molecule has 0 radical (unpaired) electrons. The van der Waals surface area contributed by atoms with Crippen molar-refractivity contribution in [3.63, 3.8) is 0 Å². The lowest BCUT2D eigenvalue weighted by Gasteiger charge is -2.45. The zero-order chi connectivity index (χ0) is 23.0. The quantitative estimate of drug-likeness (QED) is 0.720. The van der Waals surface area contributed by atoms with Crippen molar-refractivity contribution < 1.29 is 14.0 Å². The summed E-state index contributed by atoms with van der Waals surface area (Å²) in [6.07, 6.45) is 6.87. The number of piperazine rings is 1. The second kappa shape index (κ2) is 8.70. The highest BCUT2D eigenvalue weighted by Gasteiger charge is 2.42. The van der Waals surface area contributed by atoms with Crippen LogP contribution in [0.3, 0.4) is 0 Å². The Hall–Kier alpha value is -3.07. The van der Waals surface area contributed by atoms with Crippen LogP contribution in [0.25, 0.3) is 0 Å². The standard InChI is InChI=1S/C24H29FN6O2/c1-24(9-3-2-4-10-24)23(33)30-12-11-29-13-14-31-20(19(29)16-30)27-28-21(31)22(32)26-15-17-5-7-18(25)8-6-17/h2-3,5-8,19H,4,9-16H2,1H3,(H,26,32)/t19-,24+/m0/s1. The van der Waals surface area contributed by atoms with Gasteiger partial charge in [-0.2, -0.15) is 0 Å². The minimum atomic E-state index is -0.343. The molecule has 0 unspecified atom stereocenters. The maximum Gasteiger partial charge on any atom is 0.289 e. The minimum absolute atomic E-state index is 0.0645. The largest absolute Gasteiger partial charge is 0.345 e. The molecule has 1 saturated heterocycles. The summed E-state index contributed by atoms with van der Waals surface area (Å²) < 4.78 is 15.0. The van der Waals surface area contributed by atoms with Crippen molar-refractivity contribution >= 4 is 11.8 Å². The fraction of sp³-hybridized carbons (Fsp3) is 0.500. The normalized spacial score (nSPS) is 24.8. The van der Waals surface area contributed by atoms with E-state index in [1.807, 2.05) is 9.47 Å². The zero-order valence-corrected chi connectivity index (χ0v) is 18.8. The highest BCUT2D eigenvalue weighted by atomic mass is 19.1. The average molecular weight is 453 g/mol. The number of aromatic nitrogens is 3. The smallest absolute Gasteiger partial charge is 0.289 e. The predicted octanol–water partition coefficient (Wildman–Crippen LogP) is 2.29. The molecule has 8 nitrogen and oxygen atoms in total. The summed E-state index contributed by atoms with van der Waals surface area (Å²) in [5.41, 5.74) is 0.465.